The second kappa shape index (κ2) is 14.6. The summed E-state index contributed by atoms with van der Waals surface area (Å²) in [5.41, 5.74) is 0.697. The third kappa shape index (κ3) is 13.8. The normalized spacial score (nSPS) is 12.7. The maximum absolute atomic E-state index is 12.2. The van der Waals surface area contributed by atoms with Gasteiger partial charge < -0.3 is 9.47 Å². The molecule has 1 unspecified atom stereocenters. The SMILES string of the molecule is CCCCCCCCCCCC(CC(=O)OC(C)(C)C)OCc1ccccc1. The molecule has 0 aliphatic carbocycles. The van der Waals surface area contributed by atoms with Crippen LogP contribution in [0.5, 0.6) is 0 Å². The molecule has 1 aromatic carbocycles. The fourth-order valence-electron chi connectivity index (χ4n) is 3.28. The Morgan fingerprint density at radius 3 is 2.04 bits per heavy atom. The first kappa shape index (κ1) is 24.7. The van der Waals surface area contributed by atoms with E-state index in [1.165, 1.54) is 51.4 Å². The van der Waals surface area contributed by atoms with Crippen LogP contribution in [0.15, 0.2) is 30.3 Å². The molecule has 0 N–H and O–H groups in total. The fourth-order valence-corrected chi connectivity index (χ4v) is 3.28. The van der Waals surface area contributed by atoms with Gasteiger partial charge in [0.15, 0.2) is 0 Å². The van der Waals surface area contributed by atoms with Gasteiger partial charge in [-0.15, -0.1) is 0 Å². The number of esters is 1. The average molecular weight is 391 g/mol. The Morgan fingerprint density at radius 2 is 1.46 bits per heavy atom. The van der Waals surface area contributed by atoms with E-state index < -0.39 is 5.60 Å². The number of benzene rings is 1. The Balaban J connectivity index is 2.32. The lowest BCUT2D eigenvalue weighted by Crippen LogP contribution is -2.27. The summed E-state index contributed by atoms with van der Waals surface area (Å²) in [7, 11) is 0. The van der Waals surface area contributed by atoms with Crippen LogP contribution in [0.25, 0.3) is 0 Å². The zero-order valence-corrected chi connectivity index (χ0v) is 18.7. The molecule has 0 fully saturated rings. The zero-order valence-electron chi connectivity index (χ0n) is 18.7. The standard InChI is InChI=1S/C25H42O3/c1-5-6-7-8-9-10-11-12-16-19-23(20-24(26)28-25(2,3)4)27-21-22-17-14-13-15-18-22/h13-15,17-18,23H,5-12,16,19-21H2,1-4H3. The molecule has 0 spiro atoms. The van der Waals surface area contributed by atoms with Crippen molar-refractivity contribution in [3.05, 3.63) is 35.9 Å². The number of hydrogen-bond acceptors (Lipinski definition) is 3. The van der Waals surface area contributed by atoms with Crippen molar-refractivity contribution in [1.29, 1.82) is 0 Å². The number of carbonyl (C=O) groups excluding carboxylic acids is 1. The molecule has 0 aliphatic heterocycles. The molecule has 160 valence electrons. The first-order chi connectivity index (χ1) is 13.4. The molecule has 1 atom stereocenters. The summed E-state index contributed by atoms with van der Waals surface area (Å²) >= 11 is 0. The lowest BCUT2D eigenvalue weighted by molar-refractivity contribution is -0.158. The van der Waals surface area contributed by atoms with Crippen LogP contribution in [0.2, 0.25) is 0 Å². The minimum atomic E-state index is -0.446. The molecule has 3 heteroatoms. The smallest absolute Gasteiger partial charge is 0.308 e. The zero-order chi connectivity index (χ0) is 20.7. The number of ether oxygens (including phenoxy) is 2. The molecule has 0 radical (unpaired) electrons. The molecule has 0 aliphatic rings. The van der Waals surface area contributed by atoms with Gasteiger partial charge in [0.05, 0.1) is 19.1 Å². The molecule has 0 heterocycles. The van der Waals surface area contributed by atoms with Gasteiger partial charge in [-0.1, -0.05) is 95.0 Å². The molecular formula is C25H42O3. The van der Waals surface area contributed by atoms with E-state index in [1.807, 2.05) is 39.0 Å². The van der Waals surface area contributed by atoms with E-state index in [1.54, 1.807) is 0 Å². The van der Waals surface area contributed by atoms with Crippen molar-refractivity contribution < 1.29 is 14.3 Å². The van der Waals surface area contributed by atoms with Crippen LogP contribution in [-0.4, -0.2) is 17.7 Å². The summed E-state index contributed by atoms with van der Waals surface area (Å²) in [4.78, 5) is 12.2. The van der Waals surface area contributed by atoms with Gasteiger partial charge in [-0.3, -0.25) is 4.79 Å². The van der Waals surface area contributed by atoms with Gasteiger partial charge in [-0.05, 0) is 32.8 Å². The minimum Gasteiger partial charge on any atom is -0.460 e. The highest BCUT2D eigenvalue weighted by Gasteiger charge is 2.21. The average Bonchev–Trinajstić information content (AvgIpc) is 2.64. The van der Waals surface area contributed by atoms with Crippen LogP contribution in [0.1, 0.15) is 104 Å². The van der Waals surface area contributed by atoms with E-state index >= 15 is 0 Å². The maximum Gasteiger partial charge on any atom is 0.308 e. The molecule has 0 saturated carbocycles. The second-order valence-electron chi connectivity index (χ2n) is 8.83. The summed E-state index contributed by atoms with van der Waals surface area (Å²) in [5, 5.41) is 0. The van der Waals surface area contributed by atoms with Gasteiger partial charge in [0, 0.05) is 0 Å². The molecule has 1 aromatic rings. The predicted molar refractivity (Wildman–Crippen MR) is 117 cm³/mol. The third-order valence-corrected chi connectivity index (χ3v) is 4.77. The van der Waals surface area contributed by atoms with Crippen molar-refractivity contribution in [1.82, 2.24) is 0 Å². The van der Waals surface area contributed by atoms with Gasteiger partial charge in [0.25, 0.3) is 0 Å². The van der Waals surface area contributed by atoms with E-state index in [4.69, 9.17) is 9.47 Å². The highest BCUT2D eigenvalue weighted by Crippen LogP contribution is 2.18. The van der Waals surface area contributed by atoms with Crippen LogP contribution in [0.4, 0.5) is 0 Å². The van der Waals surface area contributed by atoms with E-state index in [2.05, 4.69) is 19.1 Å². The lowest BCUT2D eigenvalue weighted by Gasteiger charge is -2.22. The van der Waals surface area contributed by atoms with Crippen molar-refractivity contribution >= 4 is 5.97 Å². The summed E-state index contributed by atoms with van der Waals surface area (Å²) in [5.74, 6) is -0.165. The molecule has 28 heavy (non-hydrogen) atoms. The number of unbranched alkanes of at least 4 members (excludes halogenated alkanes) is 8. The van der Waals surface area contributed by atoms with Gasteiger partial charge in [0.1, 0.15) is 5.60 Å². The highest BCUT2D eigenvalue weighted by molar-refractivity contribution is 5.70. The van der Waals surface area contributed by atoms with E-state index in [0.717, 1.165) is 18.4 Å². The Labute approximate surface area is 173 Å². The Hall–Kier alpha value is -1.35. The van der Waals surface area contributed by atoms with E-state index in [0.29, 0.717) is 13.0 Å². The molecule has 3 nitrogen and oxygen atoms in total. The van der Waals surface area contributed by atoms with Crippen LogP contribution < -0.4 is 0 Å². The first-order valence-electron chi connectivity index (χ1n) is 11.3. The van der Waals surface area contributed by atoms with Gasteiger partial charge in [-0.25, -0.2) is 0 Å². The van der Waals surface area contributed by atoms with Crippen molar-refractivity contribution in [3.63, 3.8) is 0 Å². The maximum atomic E-state index is 12.2. The van der Waals surface area contributed by atoms with E-state index in [9.17, 15) is 4.79 Å². The quantitative estimate of drug-likeness (QED) is 0.234. The summed E-state index contributed by atoms with van der Waals surface area (Å²) in [6.45, 7) is 8.53. The van der Waals surface area contributed by atoms with Gasteiger partial charge >= 0.3 is 5.97 Å². The van der Waals surface area contributed by atoms with Crippen LogP contribution in [0.3, 0.4) is 0 Å². The lowest BCUT2D eigenvalue weighted by atomic mass is 10.0. The Kier molecular flexibility index (Phi) is 12.9. The van der Waals surface area contributed by atoms with Crippen molar-refractivity contribution in [2.45, 2.75) is 117 Å². The highest BCUT2D eigenvalue weighted by atomic mass is 16.6. The summed E-state index contributed by atoms with van der Waals surface area (Å²) < 4.78 is 11.6. The number of carbonyl (C=O) groups is 1. The third-order valence-electron chi connectivity index (χ3n) is 4.77. The molecule has 0 saturated heterocycles. The fraction of sp³-hybridized carbons (Fsp3) is 0.720. The second-order valence-corrected chi connectivity index (χ2v) is 8.83. The summed E-state index contributed by atoms with van der Waals surface area (Å²) in [6.07, 6.45) is 12.9. The molecule has 1 rings (SSSR count). The van der Waals surface area contributed by atoms with Crippen LogP contribution in [-0.2, 0) is 20.9 Å². The van der Waals surface area contributed by atoms with Gasteiger partial charge in [-0.2, -0.15) is 0 Å². The van der Waals surface area contributed by atoms with E-state index in [-0.39, 0.29) is 12.1 Å². The minimum absolute atomic E-state index is 0.0698. The molecule has 0 bridgehead atoms. The predicted octanol–water partition coefficient (Wildman–Crippen LogP) is 7.22. The largest absolute Gasteiger partial charge is 0.460 e. The monoisotopic (exact) mass is 390 g/mol. The molecular weight excluding hydrogens is 348 g/mol. The van der Waals surface area contributed by atoms with Gasteiger partial charge in [0.2, 0.25) is 0 Å². The topological polar surface area (TPSA) is 35.5 Å². The van der Waals surface area contributed by atoms with Crippen molar-refractivity contribution in [2.24, 2.45) is 0 Å². The first-order valence-corrected chi connectivity index (χ1v) is 11.3. The number of rotatable bonds is 15. The Bertz CT molecular complexity index is 504. The summed E-state index contributed by atoms with van der Waals surface area (Å²) in [6, 6.07) is 10.2. The Morgan fingerprint density at radius 1 is 0.893 bits per heavy atom. The van der Waals surface area contributed by atoms with Crippen LogP contribution in [0, 0.1) is 0 Å². The molecule has 0 aromatic heterocycles. The van der Waals surface area contributed by atoms with Crippen LogP contribution >= 0.6 is 0 Å². The number of hydrogen-bond donors (Lipinski definition) is 0. The van der Waals surface area contributed by atoms with Crippen molar-refractivity contribution in [3.8, 4) is 0 Å². The van der Waals surface area contributed by atoms with Crippen molar-refractivity contribution in [2.75, 3.05) is 0 Å². The molecule has 0 amide bonds.